The number of hydrogen-bond acceptors (Lipinski definition) is 11. The number of hydrogen-bond donors (Lipinski definition) is 3. The van der Waals surface area contributed by atoms with Crippen LogP contribution >= 0.6 is 0 Å². The normalized spacial score (nSPS) is 18.5. The van der Waals surface area contributed by atoms with E-state index in [1.54, 1.807) is 0 Å². The molecule has 0 bridgehead atoms. The Kier molecular flexibility index (Phi) is 49.9. The van der Waals surface area contributed by atoms with E-state index in [0.29, 0.717) is 25.7 Å². The molecule has 450 valence electrons. The predicted molar refractivity (Wildman–Crippen MR) is 321 cm³/mol. The van der Waals surface area contributed by atoms with E-state index in [9.17, 15) is 34.5 Å². The Hall–Kier alpha value is -4.36. The predicted octanol–water partition coefficient (Wildman–Crippen LogP) is 16.5. The molecule has 3 N–H and O–H groups in total. The van der Waals surface area contributed by atoms with E-state index in [4.69, 9.17) is 23.7 Å². The molecule has 0 amide bonds. The molecule has 0 spiro atoms. The monoisotopic (exact) mass is 1110 g/mol. The molecule has 79 heavy (non-hydrogen) atoms. The van der Waals surface area contributed by atoms with Crippen molar-refractivity contribution in [2.45, 2.75) is 289 Å². The van der Waals surface area contributed by atoms with Gasteiger partial charge in [0.1, 0.15) is 18.8 Å². The van der Waals surface area contributed by atoms with Crippen LogP contribution in [0.1, 0.15) is 252 Å². The van der Waals surface area contributed by atoms with Gasteiger partial charge in [-0.1, -0.05) is 234 Å². The molecule has 1 heterocycles. The standard InChI is InChI=1S/C67H110O12/c1-4-7-10-13-16-19-22-25-27-29-30-32-34-37-40-43-46-49-52-55-61(70)78-65-63(72)62(71)64(66(73)74)79-67(65)76-57-58(77-60(69)54-51-48-45-42-39-35-24-21-18-15-12-9-6-3)56-75-59(68)53-50-47-44-41-38-36-33-31-28-26-23-20-17-14-11-8-5-2/h8,11,16-17,19-20,25-28,30,32-33,36,41,44,58,62-65,67,71-72H,4-7,9-10,12-15,18,21-24,29,31,34-35,37-40,42-43,45-57H2,1-3H3,(H,73,74)/b11-8-,19-16-,20-17-,27-25-,28-26-,32-30-,36-33-,44-41-. The number of aliphatic carboxylic acids is 1. The van der Waals surface area contributed by atoms with Crippen molar-refractivity contribution in [2.75, 3.05) is 13.2 Å². The molecule has 1 rings (SSSR count). The second-order valence-corrected chi connectivity index (χ2v) is 21.0. The highest BCUT2D eigenvalue weighted by Gasteiger charge is 2.50. The number of aliphatic hydroxyl groups is 2. The zero-order valence-corrected chi connectivity index (χ0v) is 49.6. The van der Waals surface area contributed by atoms with Gasteiger partial charge in [0.25, 0.3) is 0 Å². The molecular weight excluding hydrogens is 997 g/mol. The fourth-order valence-corrected chi connectivity index (χ4v) is 8.88. The zero-order valence-electron chi connectivity index (χ0n) is 49.6. The molecule has 6 atom stereocenters. The lowest BCUT2D eigenvalue weighted by molar-refractivity contribution is -0.301. The molecule has 0 aromatic rings. The third-order valence-electron chi connectivity index (χ3n) is 13.6. The highest BCUT2D eigenvalue weighted by molar-refractivity contribution is 5.74. The molecule has 1 saturated heterocycles. The number of carbonyl (C=O) groups is 4. The van der Waals surface area contributed by atoms with Crippen molar-refractivity contribution in [1.29, 1.82) is 0 Å². The number of carbonyl (C=O) groups excluding carboxylic acids is 3. The van der Waals surface area contributed by atoms with E-state index in [0.717, 1.165) is 109 Å². The van der Waals surface area contributed by atoms with Gasteiger partial charge in [0.2, 0.25) is 0 Å². The zero-order chi connectivity index (χ0) is 57.5. The van der Waals surface area contributed by atoms with Crippen LogP contribution in [0.2, 0.25) is 0 Å². The molecule has 0 radical (unpaired) electrons. The Balaban J connectivity index is 2.70. The van der Waals surface area contributed by atoms with E-state index in [1.165, 1.54) is 77.0 Å². The van der Waals surface area contributed by atoms with Crippen molar-refractivity contribution in [2.24, 2.45) is 0 Å². The van der Waals surface area contributed by atoms with Crippen LogP contribution in [-0.2, 0) is 42.9 Å². The lowest BCUT2D eigenvalue weighted by Gasteiger charge is -2.40. The first kappa shape index (κ1) is 72.7. The Morgan fingerprint density at radius 1 is 0.430 bits per heavy atom. The molecule has 0 aromatic heterocycles. The fraction of sp³-hybridized carbons (Fsp3) is 0.701. The number of rotatable bonds is 52. The number of carboxylic acid groups (broad SMARTS) is 1. The summed E-state index contributed by atoms with van der Waals surface area (Å²) in [5, 5.41) is 31.5. The van der Waals surface area contributed by atoms with Crippen LogP contribution < -0.4 is 0 Å². The third kappa shape index (κ3) is 44.0. The van der Waals surface area contributed by atoms with Crippen molar-refractivity contribution in [3.8, 4) is 0 Å². The summed E-state index contributed by atoms with van der Waals surface area (Å²) in [4.78, 5) is 51.2. The Labute approximate surface area is 479 Å². The van der Waals surface area contributed by atoms with Gasteiger partial charge in [-0.25, -0.2) is 4.79 Å². The van der Waals surface area contributed by atoms with E-state index in [1.807, 2.05) is 6.08 Å². The first-order valence-electron chi connectivity index (χ1n) is 31.2. The SMILES string of the molecule is CC/C=C\C/C=C\C/C=C\C/C=C\C/C=C\CCCC(=O)OCC(COC1OC(C(=O)O)C(O)C(O)C1OC(=O)CCCCCCCC/C=C\C/C=C\C/C=C\CCCCC)OC(=O)CCCCCCCCCCCCCCC. The number of unbranched alkanes of at least 4 members (excludes halogenated alkanes) is 22. The highest BCUT2D eigenvalue weighted by Crippen LogP contribution is 2.26. The molecule has 0 aliphatic carbocycles. The van der Waals surface area contributed by atoms with Gasteiger partial charge < -0.3 is 39.0 Å². The maximum absolute atomic E-state index is 13.2. The van der Waals surface area contributed by atoms with Gasteiger partial charge in [-0.2, -0.15) is 0 Å². The number of allylic oxidation sites excluding steroid dienone is 16. The summed E-state index contributed by atoms with van der Waals surface area (Å²) in [6, 6.07) is 0. The quantitative estimate of drug-likeness (QED) is 0.0228. The van der Waals surface area contributed by atoms with Crippen molar-refractivity contribution in [3.63, 3.8) is 0 Å². The van der Waals surface area contributed by atoms with Crippen molar-refractivity contribution >= 4 is 23.9 Å². The van der Waals surface area contributed by atoms with Gasteiger partial charge >= 0.3 is 23.9 Å². The van der Waals surface area contributed by atoms with Crippen LogP contribution in [0, 0.1) is 0 Å². The molecule has 1 aliphatic heterocycles. The Morgan fingerprint density at radius 3 is 1.28 bits per heavy atom. The molecule has 0 saturated carbocycles. The number of aliphatic hydroxyl groups excluding tert-OH is 2. The molecule has 12 nitrogen and oxygen atoms in total. The average molecular weight is 1110 g/mol. The first-order chi connectivity index (χ1) is 38.6. The van der Waals surface area contributed by atoms with E-state index < -0.39 is 67.3 Å². The molecule has 1 aliphatic rings. The number of carboxylic acids is 1. The summed E-state index contributed by atoms with van der Waals surface area (Å²) in [6.45, 7) is 5.81. The Morgan fingerprint density at radius 2 is 0.810 bits per heavy atom. The van der Waals surface area contributed by atoms with E-state index in [2.05, 4.69) is 112 Å². The summed E-state index contributed by atoms with van der Waals surface area (Å²) in [5.41, 5.74) is 0. The van der Waals surface area contributed by atoms with Crippen LogP contribution in [0.25, 0.3) is 0 Å². The topological polar surface area (TPSA) is 175 Å². The van der Waals surface area contributed by atoms with E-state index in [-0.39, 0.29) is 25.9 Å². The van der Waals surface area contributed by atoms with Crippen LogP contribution in [0.5, 0.6) is 0 Å². The van der Waals surface area contributed by atoms with Gasteiger partial charge in [0, 0.05) is 19.3 Å². The maximum Gasteiger partial charge on any atom is 0.335 e. The maximum atomic E-state index is 13.2. The molecule has 6 unspecified atom stereocenters. The van der Waals surface area contributed by atoms with Crippen molar-refractivity contribution < 1.29 is 58.2 Å². The minimum absolute atomic E-state index is 0.0375. The summed E-state index contributed by atoms with van der Waals surface area (Å²) in [5.74, 6) is -3.21. The lowest BCUT2D eigenvalue weighted by atomic mass is 9.98. The van der Waals surface area contributed by atoms with Crippen LogP contribution in [0.15, 0.2) is 97.2 Å². The Bertz CT molecular complexity index is 1740. The third-order valence-corrected chi connectivity index (χ3v) is 13.6. The minimum Gasteiger partial charge on any atom is -0.479 e. The summed E-state index contributed by atoms with van der Waals surface area (Å²) < 4.78 is 28.4. The van der Waals surface area contributed by atoms with Crippen molar-refractivity contribution in [1.82, 2.24) is 0 Å². The highest BCUT2D eigenvalue weighted by atomic mass is 16.7. The average Bonchev–Trinajstić information content (AvgIpc) is 3.47. The van der Waals surface area contributed by atoms with Gasteiger partial charge in [0.05, 0.1) is 6.61 Å². The van der Waals surface area contributed by atoms with E-state index >= 15 is 0 Å². The second kappa shape index (κ2) is 54.2. The number of ether oxygens (including phenoxy) is 5. The summed E-state index contributed by atoms with van der Waals surface area (Å²) >= 11 is 0. The van der Waals surface area contributed by atoms with Crippen LogP contribution in [0.4, 0.5) is 0 Å². The first-order valence-corrected chi connectivity index (χ1v) is 31.2. The number of esters is 3. The van der Waals surface area contributed by atoms with Gasteiger partial charge in [-0.15, -0.1) is 0 Å². The van der Waals surface area contributed by atoms with Gasteiger partial charge in [-0.05, 0) is 96.3 Å². The second-order valence-electron chi connectivity index (χ2n) is 21.0. The molecule has 1 fully saturated rings. The minimum atomic E-state index is -1.92. The molecule has 12 heteroatoms. The van der Waals surface area contributed by atoms with Crippen LogP contribution in [0.3, 0.4) is 0 Å². The summed E-state index contributed by atoms with van der Waals surface area (Å²) in [7, 11) is 0. The fourth-order valence-electron chi connectivity index (χ4n) is 8.88. The van der Waals surface area contributed by atoms with Gasteiger partial charge in [0.15, 0.2) is 24.6 Å². The smallest absolute Gasteiger partial charge is 0.335 e. The largest absolute Gasteiger partial charge is 0.479 e. The molecular formula is C67H110O12. The van der Waals surface area contributed by atoms with Crippen LogP contribution in [-0.4, -0.2) is 89.2 Å². The van der Waals surface area contributed by atoms with Crippen molar-refractivity contribution in [3.05, 3.63) is 97.2 Å². The molecule has 0 aromatic carbocycles. The lowest BCUT2D eigenvalue weighted by Crippen LogP contribution is -2.61. The van der Waals surface area contributed by atoms with Gasteiger partial charge in [-0.3, -0.25) is 14.4 Å². The summed E-state index contributed by atoms with van der Waals surface area (Å²) in [6.07, 6.45) is 59.4.